The van der Waals surface area contributed by atoms with Gasteiger partial charge in [0, 0.05) is 44.2 Å². The van der Waals surface area contributed by atoms with Crippen LogP contribution in [0.5, 0.6) is 0 Å². The summed E-state index contributed by atoms with van der Waals surface area (Å²) in [5.74, 6) is 0.747. The van der Waals surface area contributed by atoms with Crippen molar-refractivity contribution in [3.8, 4) is 0 Å². The van der Waals surface area contributed by atoms with Gasteiger partial charge in [0.2, 0.25) is 5.91 Å². The van der Waals surface area contributed by atoms with Crippen LogP contribution in [0.2, 0.25) is 0 Å². The molecule has 5 heteroatoms. The Morgan fingerprint density at radius 1 is 1.21 bits per heavy atom. The van der Waals surface area contributed by atoms with Crippen LogP contribution in [0.3, 0.4) is 0 Å². The van der Waals surface area contributed by atoms with Crippen LogP contribution in [0, 0.1) is 5.92 Å². The minimum atomic E-state index is 0.0702. The van der Waals surface area contributed by atoms with Crippen LogP contribution in [-0.4, -0.2) is 47.3 Å². The Morgan fingerprint density at radius 2 is 1.96 bits per heavy atom. The predicted molar refractivity (Wildman–Crippen MR) is 93.4 cm³/mol. The molecule has 2 fully saturated rings. The number of carbonyl (C=O) groups excluding carboxylic acids is 2. The fraction of sp³-hybridized carbons (Fsp3) is 0.579. The first-order chi connectivity index (χ1) is 11.6. The number of hydrogen-bond donors (Lipinski definition) is 1. The molecule has 2 aliphatic heterocycles. The highest BCUT2D eigenvalue weighted by atomic mass is 16.2. The molecule has 1 aromatic rings. The third-order valence-electron chi connectivity index (χ3n) is 5.36. The van der Waals surface area contributed by atoms with Gasteiger partial charge >= 0.3 is 0 Å². The highest BCUT2D eigenvalue weighted by Crippen LogP contribution is 2.24. The molecule has 2 amide bonds. The minimum Gasteiger partial charge on any atom is -0.338 e. The lowest BCUT2D eigenvalue weighted by atomic mass is 9.90. The van der Waals surface area contributed by atoms with Crippen LogP contribution in [-0.2, 0) is 11.3 Å². The number of carbonyl (C=O) groups is 2. The summed E-state index contributed by atoms with van der Waals surface area (Å²) < 4.78 is 0. The standard InChI is InChI=1S/C19H27N3O2/c1-14-4-2-11-22(17(14)12-20)19(24)16-8-6-15(7-9-16)13-21-10-3-5-18(21)23/h6-9,14,17H,2-5,10-13,20H2,1H3. The molecule has 0 spiro atoms. The van der Waals surface area contributed by atoms with Crippen molar-refractivity contribution in [3.05, 3.63) is 35.4 Å². The molecular formula is C19H27N3O2. The first-order valence-corrected chi connectivity index (χ1v) is 8.98. The SMILES string of the molecule is CC1CCCN(C(=O)c2ccc(CN3CCCC3=O)cc2)C1CN. The monoisotopic (exact) mass is 329 g/mol. The van der Waals surface area contributed by atoms with Gasteiger partial charge in [-0.2, -0.15) is 0 Å². The van der Waals surface area contributed by atoms with Crippen molar-refractivity contribution in [2.24, 2.45) is 11.7 Å². The van der Waals surface area contributed by atoms with E-state index in [1.807, 2.05) is 34.1 Å². The second kappa shape index (κ2) is 7.34. The Labute approximate surface area is 143 Å². The number of nitrogens with two attached hydrogens (primary N) is 1. The quantitative estimate of drug-likeness (QED) is 0.919. The largest absolute Gasteiger partial charge is 0.338 e. The molecule has 2 unspecified atom stereocenters. The third kappa shape index (κ3) is 3.46. The third-order valence-corrected chi connectivity index (χ3v) is 5.36. The van der Waals surface area contributed by atoms with E-state index < -0.39 is 0 Å². The van der Waals surface area contributed by atoms with Gasteiger partial charge in [-0.15, -0.1) is 0 Å². The van der Waals surface area contributed by atoms with Gasteiger partial charge in [0.05, 0.1) is 0 Å². The molecule has 2 N–H and O–H groups in total. The van der Waals surface area contributed by atoms with Gasteiger partial charge in [0.15, 0.2) is 0 Å². The van der Waals surface area contributed by atoms with Crippen molar-refractivity contribution in [2.75, 3.05) is 19.6 Å². The van der Waals surface area contributed by atoms with E-state index in [1.165, 1.54) is 0 Å². The smallest absolute Gasteiger partial charge is 0.254 e. The lowest BCUT2D eigenvalue weighted by Gasteiger charge is -2.39. The molecule has 0 saturated carbocycles. The minimum absolute atomic E-state index is 0.0702. The van der Waals surface area contributed by atoms with Crippen molar-refractivity contribution < 1.29 is 9.59 Å². The van der Waals surface area contributed by atoms with Gasteiger partial charge in [-0.1, -0.05) is 19.1 Å². The van der Waals surface area contributed by atoms with E-state index in [1.54, 1.807) is 0 Å². The Morgan fingerprint density at radius 3 is 2.58 bits per heavy atom. The lowest BCUT2D eigenvalue weighted by molar-refractivity contribution is -0.128. The zero-order valence-electron chi connectivity index (χ0n) is 14.4. The molecule has 3 rings (SSSR count). The summed E-state index contributed by atoms with van der Waals surface area (Å²) in [6, 6.07) is 7.82. The van der Waals surface area contributed by atoms with Crippen LogP contribution in [0.1, 0.15) is 48.5 Å². The van der Waals surface area contributed by atoms with Crippen LogP contribution in [0.4, 0.5) is 0 Å². The summed E-state index contributed by atoms with van der Waals surface area (Å²) in [5.41, 5.74) is 7.68. The number of nitrogens with zero attached hydrogens (tertiary/aromatic N) is 2. The summed E-state index contributed by atoms with van der Waals surface area (Å²) >= 11 is 0. The highest BCUT2D eigenvalue weighted by molar-refractivity contribution is 5.94. The number of likely N-dealkylation sites (tertiary alicyclic amines) is 2. The average molecular weight is 329 g/mol. The maximum absolute atomic E-state index is 12.8. The van der Waals surface area contributed by atoms with E-state index >= 15 is 0 Å². The van der Waals surface area contributed by atoms with Crippen LogP contribution >= 0.6 is 0 Å². The molecule has 2 atom stereocenters. The number of hydrogen-bond acceptors (Lipinski definition) is 3. The molecule has 0 aromatic heterocycles. The topological polar surface area (TPSA) is 66.6 Å². The lowest BCUT2D eigenvalue weighted by Crippen LogP contribution is -2.51. The molecule has 0 radical (unpaired) electrons. The molecule has 2 heterocycles. The maximum atomic E-state index is 12.8. The molecule has 24 heavy (non-hydrogen) atoms. The Bertz CT molecular complexity index is 599. The summed E-state index contributed by atoms with van der Waals surface area (Å²) in [4.78, 5) is 28.4. The summed E-state index contributed by atoms with van der Waals surface area (Å²) in [5, 5.41) is 0. The summed E-state index contributed by atoms with van der Waals surface area (Å²) in [7, 11) is 0. The van der Waals surface area contributed by atoms with E-state index in [2.05, 4.69) is 6.92 Å². The number of benzene rings is 1. The molecule has 5 nitrogen and oxygen atoms in total. The van der Waals surface area contributed by atoms with Crippen molar-refractivity contribution in [3.63, 3.8) is 0 Å². The fourth-order valence-corrected chi connectivity index (χ4v) is 3.87. The van der Waals surface area contributed by atoms with Crippen molar-refractivity contribution in [1.82, 2.24) is 9.80 Å². The number of rotatable bonds is 4. The van der Waals surface area contributed by atoms with Gasteiger partial charge in [-0.05, 0) is 42.9 Å². The van der Waals surface area contributed by atoms with E-state index in [-0.39, 0.29) is 17.9 Å². The molecule has 1 aromatic carbocycles. The Kier molecular flexibility index (Phi) is 5.19. The fourth-order valence-electron chi connectivity index (χ4n) is 3.87. The molecule has 2 saturated heterocycles. The van der Waals surface area contributed by atoms with Crippen LogP contribution in [0.25, 0.3) is 0 Å². The van der Waals surface area contributed by atoms with Crippen molar-refractivity contribution in [1.29, 1.82) is 0 Å². The zero-order valence-corrected chi connectivity index (χ0v) is 14.4. The molecule has 2 aliphatic rings. The van der Waals surface area contributed by atoms with Crippen molar-refractivity contribution >= 4 is 11.8 Å². The predicted octanol–water partition coefficient (Wildman–Crippen LogP) is 2.01. The molecule has 0 bridgehead atoms. The Balaban J connectivity index is 1.68. The maximum Gasteiger partial charge on any atom is 0.254 e. The van der Waals surface area contributed by atoms with E-state index in [0.717, 1.165) is 37.9 Å². The van der Waals surface area contributed by atoms with Gasteiger partial charge < -0.3 is 15.5 Å². The van der Waals surface area contributed by atoms with E-state index in [9.17, 15) is 9.59 Å². The zero-order chi connectivity index (χ0) is 17.1. The molecule has 0 aliphatic carbocycles. The first kappa shape index (κ1) is 17.0. The number of amides is 2. The van der Waals surface area contributed by atoms with Crippen LogP contribution in [0.15, 0.2) is 24.3 Å². The van der Waals surface area contributed by atoms with E-state index in [4.69, 9.17) is 5.73 Å². The van der Waals surface area contributed by atoms with Gasteiger partial charge in [0.1, 0.15) is 0 Å². The summed E-state index contributed by atoms with van der Waals surface area (Å²) in [6.45, 7) is 4.95. The average Bonchev–Trinajstić information content (AvgIpc) is 2.99. The molecule has 130 valence electrons. The summed E-state index contributed by atoms with van der Waals surface area (Å²) in [6.07, 6.45) is 3.78. The highest BCUT2D eigenvalue weighted by Gasteiger charge is 2.31. The second-order valence-corrected chi connectivity index (χ2v) is 7.04. The van der Waals surface area contributed by atoms with Gasteiger partial charge in [0.25, 0.3) is 5.91 Å². The van der Waals surface area contributed by atoms with Gasteiger partial charge in [-0.25, -0.2) is 0 Å². The Hall–Kier alpha value is -1.88. The van der Waals surface area contributed by atoms with Crippen molar-refractivity contribution in [2.45, 2.75) is 45.2 Å². The van der Waals surface area contributed by atoms with Gasteiger partial charge in [-0.3, -0.25) is 9.59 Å². The second-order valence-electron chi connectivity index (χ2n) is 7.04. The van der Waals surface area contributed by atoms with E-state index in [0.29, 0.717) is 31.0 Å². The number of piperidine rings is 1. The normalized spacial score (nSPS) is 24.5. The molecular weight excluding hydrogens is 302 g/mol. The van der Waals surface area contributed by atoms with Crippen LogP contribution < -0.4 is 5.73 Å². The first-order valence-electron chi connectivity index (χ1n) is 8.98.